The predicted molar refractivity (Wildman–Crippen MR) is 101 cm³/mol. The molecule has 1 aromatic rings. The molecule has 0 spiro atoms. The van der Waals surface area contributed by atoms with Crippen molar-refractivity contribution in [2.24, 2.45) is 0 Å². The monoisotopic (exact) mass is 314 g/mol. The first-order chi connectivity index (χ1) is 10.3. The zero-order chi connectivity index (χ0) is 16.6. The molecule has 0 N–H and O–H groups in total. The maximum atomic E-state index is 5.86. The van der Waals surface area contributed by atoms with Gasteiger partial charge in [-0.25, -0.2) is 0 Å². The van der Waals surface area contributed by atoms with Crippen molar-refractivity contribution in [3.8, 4) is 0 Å². The lowest BCUT2D eigenvalue weighted by Crippen LogP contribution is -2.18. The highest BCUT2D eigenvalue weighted by Crippen LogP contribution is 2.22. The Morgan fingerprint density at radius 3 is 2.27 bits per heavy atom. The molecule has 0 atom stereocenters. The van der Waals surface area contributed by atoms with E-state index in [1.54, 1.807) is 0 Å². The quantitative estimate of drug-likeness (QED) is 0.329. The lowest BCUT2D eigenvalue weighted by Gasteiger charge is -2.17. The van der Waals surface area contributed by atoms with Crippen molar-refractivity contribution in [2.45, 2.75) is 46.5 Å². The Bertz CT molecular complexity index is 529. The van der Waals surface area contributed by atoms with E-state index in [2.05, 4.69) is 57.9 Å². The summed E-state index contributed by atoms with van der Waals surface area (Å²) in [5.74, 6) is 0. The lowest BCUT2D eigenvalue weighted by atomic mass is 10.0. The second-order valence-corrected chi connectivity index (χ2v) is 12.0. The Morgan fingerprint density at radius 2 is 1.77 bits per heavy atom. The fourth-order valence-corrected chi connectivity index (χ4v) is 3.76. The van der Waals surface area contributed by atoms with Crippen molar-refractivity contribution in [3.05, 3.63) is 71.0 Å². The average Bonchev–Trinajstić information content (AvgIpc) is 2.43. The minimum absolute atomic E-state index is 0.680. The predicted octanol–water partition coefficient (Wildman–Crippen LogP) is 5.92. The molecule has 1 rings (SSSR count). The van der Waals surface area contributed by atoms with Gasteiger partial charge in [0.1, 0.15) is 0 Å². The molecule has 0 fully saturated rings. The summed E-state index contributed by atoms with van der Waals surface area (Å²) in [5, 5.41) is 0. The molecule has 0 saturated carbocycles. The van der Waals surface area contributed by atoms with Crippen LogP contribution in [0.5, 0.6) is 0 Å². The van der Waals surface area contributed by atoms with E-state index in [0.29, 0.717) is 6.61 Å². The third-order valence-electron chi connectivity index (χ3n) is 3.32. The standard InChI is InChI=1S/C20H30OSi/c1-7-20(17(2)3)19(16-22(4,5)6)13-14-21-15-18-11-9-8-10-12-18/h7-12,16H,1,13-15H2,2-6H3/b19-16+. The Kier molecular flexibility index (Phi) is 7.56. The van der Waals surface area contributed by atoms with E-state index >= 15 is 0 Å². The first-order valence-electron chi connectivity index (χ1n) is 7.97. The maximum Gasteiger partial charge on any atom is 0.0717 e. The maximum absolute atomic E-state index is 5.86. The minimum Gasteiger partial charge on any atom is -0.376 e. The van der Waals surface area contributed by atoms with E-state index in [1.165, 1.54) is 22.3 Å². The van der Waals surface area contributed by atoms with Gasteiger partial charge in [0, 0.05) is 0 Å². The van der Waals surface area contributed by atoms with E-state index in [0.717, 1.165) is 13.0 Å². The van der Waals surface area contributed by atoms with Crippen LogP contribution in [0.25, 0.3) is 0 Å². The second kappa shape index (κ2) is 8.91. The van der Waals surface area contributed by atoms with Crippen LogP contribution in [0.15, 0.2) is 65.4 Å². The molecule has 0 radical (unpaired) electrons. The van der Waals surface area contributed by atoms with Crippen molar-refractivity contribution >= 4 is 8.07 Å². The van der Waals surface area contributed by atoms with Crippen LogP contribution in [0.1, 0.15) is 25.8 Å². The summed E-state index contributed by atoms with van der Waals surface area (Å²) < 4.78 is 5.86. The van der Waals surface area contributed by atoms with Gasteiger partial charge in [-0.3, -0.25) is 0 Å². The van der Waals surface area contributed by atoms with E-state index in [-0.39, 0.29) is 0 Å². The van der Waals surface area contributed by atoms with Gasteiger partial charge in [-0.05, 0) is 37.0 Å². The van der Waals surface area contributed by atoms with Gasteiger partial charge < -0.3 is 4.74 Å². The van der Waals surface area contributed by atoms with Crippen LogP contribution in [-0.4, -0.2) is 14.7 Å². The second-order valence-electron chi connectivity index (χ2n) is 6.94. The lowest BCUT2D eigenvalue weighted by molar-refractivity contribution is 0.124. The molecule has 0 unspecified atom stereocenters. The van der Waals surface area contributed by atoms with E-state index in [4.69, 9.17) is 4.74 Å². The van der Waals surface area contributed by atoms with E-state index in [1.807, 2.05) is 24.3 Å². The van der Waals surface area contributed by atoms with Gasteiger partial charge in [-0.1, -0.05) is 73.9 Å². The van der Waals surface area contributed by atoms with Crippen LogP contribution < -0.4 is 0 Å². The van der Waals surface area contributed by atoms with Gasteiger partial charge in [0.05, 0.1) is 21.3 Å². The zero-order valence-corrected chi connectivity index (χ0v) is 15.8. The molecular weight excluding hydrogens is 284 g/mol. The highest BCUT2D eigenvalue weighted by atomic mass is 28.3. The first kappa shape index (κ1) is 18.7. The number of hydrogen-bond donors (Lipinski definition) is 0. The molecular formula is C20H30OSi. The molecule has 22 heavy (non-hydrogen) atoms. The van der Waals surface area contributed by atoms with Gasteiger partial charge in [-0.15, -0.1) is 0 Å². The number of benzene rings is 1. The van der Waals surface area contributed by atoms with Crippen LogP contribution in [0.3, 0.4) is 0 Å². The molecule has 1 aromatic carbocycles. The zero-order valence-electron chi connectivity index (χ0n) is 14.8. The molecule has 0 amide bonds. The summed E-state index contributed by atoms with van der Waals surface area (Å²) >= 11 is 0. The van der Waals surface area contributed by atoms with Crippen LogP contribution in [0.2, 0.25) is 19.6 Å². The van der Waals surface area contributed by atoms with Crippen LogP contribution in [0, 0.1) is 0 Å². The molecule has 0 heterocycles. The van der Waals surface area contributed by atoms with Gasteiger partial charge >= 0.3 is 0 Å². The normalized spacial score (nSPS) is 12.1. The smallest absolute Gasteiger partial charge is 0.0717 e. The minimum atomic E-state index is -1.27. The van der Waals surface area contributed by atoms with Crippen LogP contribution in [-0.2, 0) is 11.3 Å². The molecule has 0 aliphatic rings. The Hall–Kier alpha value is -1.38. The number of ether oxygens (including phenoxy) is 1. The molecule has 1 nitrogen and oxygen atoms in total. The highest BCUT2D eigenvalue weighted by molar-refractivity contribution is 6.81. The van der Waals surface area contributed by atoms with Crippen molar-refractivity contribution in [1.29, 1.82) is 0 Å². The van der Waals surface area contributed by atoms with Gasteiger partial charge in [0.25, 0.3) is 0 Å². The molecule has 0 bridgehead atoms. The summed E-state index contributed by atoms with van der Waals surface area (Å²) in [6, 6.07) is 10.3. The average molecular weight is 315 g/mol. The van der Waals surface area contributed by atoms with Crippen LogP contribution in [0.4, 0.5) is 0 Å². The summed E-state index contributed by atoms with van der Waals surface area (Å²) in [6.45, 7) is 16.8. The molecule has 0 aliphatic heterocycles. The summed E-state index contributed by atoms with van der Waals surface area (Å²) in [7, 11) is -1.27. The van der Waals surface area contributed by atoms with Crippen molar-refractivity contribution in [2.75, 3.05) is 6.61 Å². The SMILES string of the molecule is C=CC(=C(C)C)/C(=C/[Si](C)(C)C)CCOCc1ccccc1. The van der Waals surface area contributed by atoms with Gasteiger partial charge in [-0.2, -0.15) is 0 Å². The highest BCUT2D eigenvalue weighted by Gasteiger charge is 2.13. The van der Waals surface area contributed by atoms with E-state index in [9.17, 15) is 0 Å². The number of rotatable bonds is 8. The first-order valence-corrected chi connectivity index (χ1v) is 11.5. The Balaban J connectivity index is 2.68. The number of allylic oxidation sites excluding steroid dienone is 3. The third-order valence-corrected chi connectivity index (χ3v) is 4.54. The fourth-order valence-electron chi connectivity index (χ4n) is 2.41. The topological polar surface area (TPSA) is 9.23 Å². The van der Waals surface area contributed by atoms with Crippen LogP contribution >= 0.6 is 0 Å². The largest absolute Gasteiger partial charge is 0.376 e. The van der Waals surface area contributed by atoms with Crippen molar-refractivity contribution in [3.63, 3.8) is 0 Å². The van der Waals surface area contributed by atoms with E-state index < -0.39 is 8.07 Å². The number of hydrogen-bond acceptors (Lipinski definition) is 1. The summed E-state index contributed by atoms with van der Waals surface area (Å²) in [6.07, 6.45) is 2.93. The van der Waals surface area contributed by atoms with Gasteiger partial charge in [0.2, 0.25) is 0 Å². The Labute approximate surface area is 137 Å². The summed E-state index contributed by atoms with van der Waals surface area (Å²) in [4.78, 5) is 0. The Morgan fingerprint density at radius 1 is 1.14 bits per heavy atom. The molecule has 120 valence electrons. The third kappa shape index (κ3) is 7.06. The van der Waals surface area contributed by atoms with Crippen molar-refractivity contribution < 1.29 is 4.74 Å². The fraction of sp³-hybridized carbons (Fsp3) is 0.400. The van der Waals surface area contributed by atoms with Gasteiger partial charge in [0.15, 0.2) is 0 Å². The molecule has 0 saturated heterocycles. The summed E-state index contributed by atoms with van der Waals surface area (Å²) in [5.41, 5.74) is 7.70. The molecule has 0 aliphatic carbocycles. The molecule has 2 heteroatoms. The molecule has 0 aromatic heterocycles. The van der Waals surface area contributed by atoms with Crippen molar-refractivity contribution in [1.82, 2.24) is 0 Å².